The summed E-state index contributed by atoms with van der Waals surface area (Å²) in [5, 5.41) is 12.6. The Balaban J connectivity index is 1.88. The van der Waals surface area contributed by atoms with E-state index in [1.54, 1.807) is 12.1 Å². The van der Waals surface area contributed by atoms with Crippen molar-refractivity contribution in [1.29, 1.82) is 0 Å². The number of aliphatic hydroxyl groups is 1. The molecule has 1 fully saturated rings. The summed E-state index contributed by atoms with van der Waals surface area (Å²) in [6.07, 6.45) is 1.40. The number of aliphatic hydroxyl groups excluding tert-OH is 1. The van der Waals surface area contributed by atoms with Crippen LogP contribution in [0.2, 0.25) is 5.02 Å². The number of carbonyl (C=O) groups is 1. The number of hydrogen-bond acceptors (Lipinski definition) is 2. The zero-order valence-corrected chi connectivity index (χ0v) is 10.5. The molecule has 0 heterocycles. The van der Waals surface area contributed by atoms with Crippen LogP contribution in [0.25, 0.3) is 0 Å². The van der Waals surface area contributed by atoms with E-state index in [9.17, 15) is 4.79 Å². The third-order valence-electron chi connectivity index (χ3n) is 3.20. The number of nitrogens with one attached hydrogen (secondary N) is 1. The highest BCUT2D eigenvalue weighted by atomic mass is 35.5. The number of halogens is 1. The van der Waals surface area contributed by atoms with Gasteiger partial charge in [0.25, 0.3) is 5.91 Å². The number of aryl methyl sites for hydroxylation is 1. The molecular weight excluding hydrogens is 238 g/mol. The van der Waals surface area contributed by atoms with E-state index in [0.717, 1.165) is 18.4 Å². The number of benzene rings is 1. The lowest BCUT2D eigenvalue weighted by Crippen LogP contribution is -2.38. The third-order valence-corrected chi connectivity index (χ3v) is 3.60. The fourth-order valence-corrected chi connectivity index (χ4v) is 2.12. The highest BCUT2D eigenvalue weighted by molar-refractivity contribution is 6.31. The first kappa shape index (κ1) is 12.4. The Morgan fingerprint density at radius 2 is 2.24 bits per heavy atom. The predicted molar refractivity (Wildman–Crippen MR) is 67.3 cm³/mol. The zero-order chi connectivity index (χ0) is 12.4. The number of hydrogen-bond donors (Lipinski definition) is 2. The minimum Gasteiger partial charge on any atom is -0.393 e. The molecule has 1 aliphatic rings. The topological polar surface area (TPSA) is 49.3 Å². The predicted octanol–water partition coefficient (Wildman–Crippen LogP) is 2.15. The molecule has 2 N–H and O–H groups in total. The second-order valence-electron chi connectivity index (χ2n) is 4.67. The van der Waals surface area contributed by atoms with Gasteiger partial charge >= 0.3 is 0 Å². The van der Waals surface area contributed by atoms with Crippen molar-refractivity contribution in [1.82, 2.24) is 5.32 Å². The number of amides is 1. The largest absolute Gasteiger partial charge is 0.393 e. The van der Waals surface area contributed by atoms with E-state index in [1.807, 2.05) is 13.0 Å². The Bertz CT molecular complexity index is 427. The van der Waals surface area contributed by atoms with Crippen molar-refractivity contribution in [3.05, 3.63) is 34.3 Å². The lowest BCUT2D eigenvalue weighted by atomic mass is 9.82. The highest BCUT2D eigenvalue weighted by Gasteiger charge is 2.27. The minimum atomic E-state index is -0.175. The molecule has 1 saturated carbocycles. The van der Waals surface area contributed by atoms with Crippen LogP contribution in [0, 0.1) is 12.8 Å². The van der Waals surface area contributed by atoms with Gasteiger partial charge in [-0.2, -0.15) is 0 Å². The first-order chi connectivity index (χ1) is 8.06. The van der Waals surface area contributed by atoms with Crippen molar-refractivity contribution in [3.8, 4) is 0 Å². The van der Waals surface area contributed by atoms with Crippen LogP contribution in [0.15, 0.2) is 18.2 Å². The zero-order valence-electron chi connectivity index (χ0n) is 9.74. The molecule has 2 rings (SSSR count). The third kappa shape index (κ3) is 2.99. The Hall–Kier alpha value is -1.06. The molecule has 3 nitrogen and oxygen atoms in total. The molecule has 0 bridgehead atoms. The summed E-state index contributed by atoms with van der Waals surface area (Å²) >= 11 is 5.97. The molecule has 0 aliphatic heterocycles. The maximum absolute atomic E-state index is 11.8. The first-order valence-corrected chi connectivity index (χ1v) is 6.16. The van der Waals surface area contributed by atoms with Crippen molar-refractivity contribution < 1.29 is 9.90 Å². The van der Waals surface area contributed by atoms with Gasteiger partial charge < -0.3 is 10.4 Å². The Morgan fingerprint density at radius 1 is 1.53 bits per heavy atom. The van der Waals surface area contributed by atoms with Crippen LogP contribution in [0.4, 0.5) is 0 Å². The van der Waals surface area contributed by atoms with Gasteiger partial charge in [0, 0.05) is 17.1 Å². The van der Waals surface area contributed by atoms with Crippen LogP contribution in [-0.4, -0.2) is 23.7 Å². The van der Waals surface area contributed by atoms with Gasteiger partial charge in [0.05, 0.1) is 6.10 Å². The van der Waals surface area contributed by atoms with Crippen molar-refractivity contribution >= 4 is 17.5 Å². The molecule has 4 heteroatoms. The quantitative estimate of drug-likeness (QED) is 0.867. The Morgan fingerprint density at radius 3 is 2.82 bits per heavy atom. The first-order valence-electron chi connectivity index (χ1n) is 5.78. The van der Waals surface area contributed by atoms with Crippen LogP contribution in [-0.2, 0) is 0 Å². The maximum atomic E-state index is 11.8. The van der Waals surface area contributed by atoms with E-state index in [-0.39, 0.29) is 12.0 Å². The summed E-state index contributed by atoms with van der Waals surface area (Å²) in [7, 11) is 0. The van der Waals surface area contributed by atoms with Gasteiger partial charge in [-0.1, -0.05) is 17.7 Å². The van der Waals surface area contributed by atoms with Crippen LogP contribution < -0.4 is 5.32 Å². The van der Waals surface area contributed by atoms with Gasteiger partial charge in [-0.05, 0) is 43.4 Å². The van der Waals surface area contributed by atoms with E-state index in [4.69, 9.17) is 16.7 Å². The second-order valence-corrected chi connectivity index (χ2v) is 5.07. The van der Waals surface area contributed by atoms with Gasteiger partial charge in [0.15, 0.2) is 0 Å². The molecule has 0 radical (unpaired) electrons. The van der Waals surface area contributed by atoms with Crippen molar-refractivity contribution in [2.75, 3.05) is 6.54 Å². The summed E-state index contributed by atoms with van der Waals surface area (Å²) in [5.74, 6) is 0.308. The van der Waals surface area contributed by atoms with Crippen LogP contribution in [0.3, 0.4) is 0 Å². The summed E-state index contributed by atoms with van der Waals surface area (Å²) in [6.45, 7) is 2.53. The monoisotopic (exact) mass is 253 g/mol. The average Bonchev–Trinajstić information content (AvgIpc) is 2.26. The van der Waals surface area contributed by atoms with Crippen LogP contribution >= 0.6 is 11.6 Å². The van der Waals surface area contributed by atoms with Crippen LogP contribution in [0.1, 0.15) is 28.8 Å². The lowest BCUT2D eigenvalue weighted by molar-refractivity contribution is 0.0420. The molecule has 17 heavy (non-hydrogen) atoms. The lowest BCUT2D eigenvalue weighted by Gasteiger charge is -2.31. The van der Waals surface area contributed by atoms with E-state index < -0.39 is 0 Å². The van der Waals surface area contributed by atoms with Gasteiger partial charge in [0.2, 0.25) is 0 Å². The number of carbonyl (C=O) groups excluding carboxylic acids is 1. The van der Waals surface area contributed by atoms with E-state index >= 15 is 0 Å². The minimum absolute atomic E-state index is 0.103. The molecule has 0 spiro atoms. The molecule has 92 valence electrons. The van der Waals surface area contributed by atoms with E-state index in [1.165, 1.54) is 0 Å². The molecule has 1 aliphatic carbocycles. The van der Waals surface area contributed by atoms with Gasteiger partial charge in [0.1, 0.15) is 0 Å². The molecule has 0 unspecified atom stereocenters. The fraction of sp³-hybridized carbons (Fsp3) is 0.462. The molecule has 1 aromatic rings. The van der Waals surface area contributed by atoms with Gasteiger partial charge in [-0.15, -0.1) is 0 Å². The maximum Gasteiger partial charge on any atom is 0.251 e. The summed E-state index contributed by atoms with van der Waals surface area (Å²) < 4.78 is 0. The Kier molecular flexibility index (Phi) is 3.69. The van der Waals surface area contributed by atoms with Crippen LogP contribution in [0.5, 0.6) is 0 Å². The van der Waals surface area contributed by atoms with Crippen molar-refractivity contribution in [2.24, 2.45) is 5.92 Å². The second kappa shape index (κ2) is 5.07. The molecular formula is C13H16ClNO2. The average molecular weight is 254 g/mol. The summed E-state index contributed by atoms with van der Waals surface area (Å²) in [4.78, 5) is 11.8. The van der Waals surface area contributed by atoms with E-state index in [2.05, 4.69) is 5.32 Å². The highest BCUT2D eigenvalue weighted by Crippen LogP contribution is 2.26. The fourth-order valence-electron chi connectivity index (χ4n) is 1.94. The molecule has 0 atom stereocenters. The Labute approximate surface area is 106 Å². The van der Waals surface area contributed by atoms with Crippen molar-refractivity contribution in [3.63, 3.8) is 0 Å². The standard InChI is InChI=1S/C13H16ClNO2/c1-8-2-3-10(6-12(8)14)13(17)15-7-9-4-11(16)5-9/h2-3,6,9,11,16H,4-5,7H2,1H3,(H,15,17). The van der Waals surface area contributed by atoms with E-state index in [0.29, 0.717) is 23.0 Å². The van der Waals surface area contributed by atoms with Crippen molar-refractivity contribution in [2.45, 2.75) is 25.9 Å². The smallest absolute Gasteiger partial charge is 0.251 e. The summed E-state index contributed by atoms with van der Waals surface area (Å²) in [6, 6.07) is 5.29. The summed E-state index contributed by atoms with van der Waals surface area (Å²) in [5.41, 5.74) is 1.55. The normalized spacial score (nSPS) is 23.0. The molecule has 0 saturated heterocycles. The molecule has 1 amide bonds. The molecule has 1 aromatic carbocycles. The van der Waals surface area contributed by atoms with Gasteiger partial charge in [-0.3, -0.25) is 4.79 Å². The molecule has 0 aromatic heterocycles. The van der Waals surface area contributed by atoms with Gasteiger partial charge in [-0.25, -0.2) is 0 Å². The number of rotatable bonds is 3. The SMILES string of the molecule is Cc1ccc(C(=O)NCC2CC(O)C2)cc1Cl.